The summed E-state index contributed by atoms with van der Waals surface area (Å²) in [4.78, 5) is 2.43. The van der Waals surface area contributed by atoms with E-state index >= 15 is 0 Å². The van der Waals surface area contributed by atoms with Crippen molar-refractivity contribution >= 4 is 0 Å². The largest absolute Gasteiger partial charge is 0.391 e. The van der Waals surface area contributed by atoms with Crippen molar-refractivity contribution in [2.24, 2.45) is 0 Å². The lowest BCUT2D eigenvalue weighted by molar-refractivity contribution is -0.0382. The topological polar surface area (TPSA) is 23.5 Å². The number of aliphatic hydroxyl groups is 1. The molecule has 20 heavy (non-hydrogen) atoms. The summed E-state index contributed by atoms with van der Waals surface area (Å²) < 4.78 is 0. The number of benzene rings is 1. The van der Waals surface area contributed by atoms with Gasteiger partial charge in [-0.3, -0.25) is 4.90 Å². The number of hydrogen-bond acceptors (Lipinski definition) is 2. The quantitative estimate of drug-likeness (QED) is 0.740. The van der Waals surface area contributed by atoms with E-state index in [1.807, 2.05) is 6.07 Å². The Labute approximate surface area is 124 Å². The normalized spacial score (nSPS) is 13.7. The number of nitrogens with zero attached hydrogens (tertiary/aromatic N) is 1. The fourth-order valence-electron chi connectivity index (χ4n) is 3.45. The second-order valence-corrected chi connectivity index (χ2v) is 5.52. The van der Waals surface area contributed by atoms with Crippen LogP contribution in [0.3, 0.4) is 0 Å². The summed E-state index contributed by atoms with van der Waals surface area (Å²) in [5.74, 6) is 0. The molecule has 0 aliphatic heterocycles. The van der Waals surface area contributed by atoms with Gasteiger partial charge in [0, 0.05) is 5.54 Å². The van der Waals surface area contributed by atoms with Crippen molar-refractivity contribution in [1.82, 2.24) is 4.90 Å². The van der Waals surface area contributed by atoms with Crippen LogP contribution in [0, 0.1) is 0 Å². The first kappa shape index (κ1) is 17.2. The molecule has 0 heterocycles. The maximum atomic E-state index is 10.8. The molecule has 1 aromatic rings. The van der Waals surface area contributed by atoms with E-state index in [9.17, 15) is 5.11 Å². The second-order valence-electron chi connectivity index (χ2n) is 5.52. The zero-order chi connectivity index (χ0) is 15.0. The number of aliphatic hydroxyl groups excluding tert-OH is 1. The summed E-state index contributed by atoms with van der Waals surface area (Å²) in [6.07, 6.45) is 3.52. The third-order valence-corrected chi connectivity index (χ3v) is 4.79. The van der Waals surface area contributed by atoms with Crippen LogP contribution >= 0.6 is 0 Å². The number of hydrogen-bond donors (Lipinski definition) is 1. The highest BCUT2D eigenvalue weighted by Gasteiger charge is 2.38. The molecule has 0 spiro atoms. The van der Waals surface area contributed by atoms with Gasteiger partial charge in [-0.2, -0.15) is 0 Å². The first-order valence-corrected chi connectivity index (χ1v) is 8.11. The van der Waals surface area contributed by atoms with Crippen LogP contribution in [0.1, 0.15) is 52.5 Å². The zero-order valence-electron chi connectivity index (χ0n) is 13.6. The lowest BCUT2D eigenvalue weighted by Crippen LogP contribution is -2.56. The minimum Gasteiger partial charge on any atom is -0.391 e. The van der Waals surface area contributed by atoms with Crippen molar-refractivity contribution in [2.45, 2.75) is 65.0 Å². The van der Waals surface area contributed by atoms with Crippen LogP contribution in [0.2, 0.25) is 0 Å². The molecule has 0 aliphatic carbocycles. The fraction of sp³-hybridized carbons (Fsp3) is 0.667. The van der Waals surface area contributed by atoms with Crippen molar-refractivity contribution in [1.29, 1.82) is 0 Å². The van der Waals surface area contributed by atoms with E-state index < -0.39 is 0 Å². The van der Waals surface area contributed by atoms with Gasteiger partial charge in [0.25, 0.3) is 0 Å². The van der Waals surface area contributed by atoms with Gasteiger partial charge in [-0.25, -0.2) is 0 Å². The van der Waals surface area contributed by atoms with Gasteiger partial charge in [0.05, 0.1) is 6.10 Å². The third kappa shape index (κ3) is 3.83. The minimum absolute atomic E-state index is 0.0712. The molecule has 0 aromatic heterocycles. The molecule has 0 fully saturated rings. The smallest absolute Gasteiger partial charge is 0.0726 e. The van der Waals surface area contributed by atoms with Gasteiger partial charge in [0.1, 0.15) is 0 Å². The predicted molar refractivity (Wildman–Crippen MR) is 87.0 cm³/mol. The van der Waals surface area contributed by atoms with E-state index in [4.69, 9.17) is 0 Å². The number of rotatable bonds is 9. The molecule has 2 nitrogen and oxygen atoms in total. The van der Waals surface area contributed by atoms with Gasteiger partial charge in [-0.1, -0.05) is 58.0 Å². The van der Waals surface area contributed by atoms with Crippen LogP contribution in [0.25, 0.3) is 0 Å². The number of aryl methyl sites for hydroxylation is 1. The minimum atomic E-state index is -0.266. The Hall–Kier alpha value is -0.860. The van der Waals surface area contributed by atoms with E-state index in [2.05, 4.69) is 56.9 Å². The monoisotopic (exact) mass is 277 g/mol. The highest BCUT2D eigenvalue weighted by Crippen LogP contribution is 2.30. The fourth-order valence-corrected chi connectivity index (χ4v) is 3.45. The first-order valence-electron chi connectivity index (χ1n) is 8.11. The maximum absolute atomic E-state index is 10.8. The Bertz CT molecular complexity index is 355. The van der Waals surface area contributed by atoms with E-state index in [0.29, 0.717) is 0 Å². The van der Waals surface area contributed by atoms with Crippen molar-refractivity contribution in [3.63, 3.8) is 0 Å². The van der Waals surface area contributed by atoms with Crippen LogP contribution in [-0.2, 0) is 6.42 Å². The average molecular weight is 277 g/mol. The van der Waals surface area contributed by atoms with Gasteiger partial charge >= 0.3 is 0 Å². The van der Waals surface area contributed by atoms with E-state index in [1.54, 1.807) is 0 Å². The number of likely N-dealkylation sites (N-methyl/N-ethyl adjacent to an activating group) is 1. The van der Waals surface area contributed by atoms with E-state index in [1.165, 1.54) is 5.56 Å². The summed E-state index contributed by atoms with van der Waals surface area (Å²) in [6, 6.07) is 10.5. The highest BCUT2D eigenvalue weighted by molar-refractivity contribution is 5.15. The molecule has 1 unspecified atom stereocenters. The van der Waals surface area contributed by atoms with Crippen molar-refractivity contribution in [2.75, 3.05) is 13.1 Å². The summed E-state index contributed by atoms with van der Waals surface area (Å²) in [5.41, 5.74) is 1.24. The van der Waals surface area contributed by atoms with Gasteiger partial charge in [0.15, 0.2) is 0 Å². The van der Waals surface area contributed by atoms with Crippen LogP contribution in [0.15, 0.2) is 30.3 Å². The third-order valence-electron chi connectivity index (χ3n) is 4.79. The van der Waals surface area contributed by atoms with Gasteiger partial charge in [0.2, 0.25) is 0 Å². The van der Waals surface area contributed by atoms with Gasteiger partial charge < -0.3 is 5.11 Å². The molecule has 0 aliphatic rings. The summed E-state index contributed by atoms with van der Waals surface area (Å²) >= 11 is 0. The van der Waals surface area contributed by atoms with E-state index in [-0.39, 0.29) is 11.6 Å². The first-order chi connectivity index (χ1) is 9.64. The summed E-state index contributed by atoms with van der Waals surface area (Å²) in [7, 11) is 0. The van der Waals surface area contributed by atoms with Gasteiger partial charge in [-0.05, 0) is 44.3 Å². The van der Waals surface area contributed by atoms with Crippen LogP contribution < -0.4 is 0 Å². The standard InChI is InChI=1S/C18H31NO/c1-5-18(6-2,19(7-3)8-4)17(20)15-14-16-12-10-9-11-13-16/h9-13,17,20H,5-8,14-15H2,1-4H3. The Balaban J connectivity index is 2.76. The Morgan fingerprint density at radius 3 is 2.00 bits per heavy atom. The molecule has 0 saturated carbocycles. The predicted octanol–water partition coefficient (Wildman–Crippen LogP) is 3.88. The SMILES string of the molecule is CCN(CC)C(CC)(CC)C(O)CCc1ccccc1. The Kier molecular flexibility index (Phi) is 7.25. The molecule has 0 amide bonds. The lowest BCUT2D eigenvalue weighted by Gasteiger charge is -2.46. The molecular weight excluding hydrogens is 246 g/mol. The molecule has 1 aromatic carbocycles. The summed E-state index contributed by atoms with van der Waals surface area (Å²) in [6.45, 7) is 10.8. The summed E-state index contributed by atoms with van der Waals surface area (Å²) in [5, 5.41) is 10.8. The zero-order valence-corrected chi connectivity index (χ0v) is 13.6. The van der Waals surface area contributed by atoms with E-state index in [0.717, 1.165) is 38.8 Å². The van der Waals surface area contributed by atoms with Crippen molar-refractivity contribution in [3.05, 3.63) is 35.9 Å². The molecule has 1 atom stereocenters. The van der Waals surface area contributed by atoms with Crippen LogP contribution in [-0.4, -0.2) is 34.7 Å². The molecule has 114 valence electrons. The molecule has 1 rings (SSSR count). The lowest BCUT2D eigenvalue weighted by atomic mass is 9.81. The van der Waals surface area contributed by atoms with Crippen molar-refractivity contribution < 1.29 is 5.11 Å². The van der Waals surface area contributed by atoms with Crippen LogP contribution in [0.4, 0.5) is 0 Å². The Morgan fingerprint density at radius 2 is 1.55 bits per heavy atom. The molecule has 2 heteroatoms. The molecule has 1 N–H and O–H groups in total. The Morgan fingerprint density at radius 1 is 1.00 bits per heavy atom. The average Bonchev–Trinajstić information content (AvgIpc) is 2.51. The van der Waals surface area contributed by atoms with Gasteiger partial charge in [-0.15, -0.1) is 0 Å². The second kappa shape index (κ2) is 8.43. The molecular formula is C18H31NO. The van der Waals surface area contributed by atoms with Crippen molar-refractivity contribution in [3.8, 4) is 0 Å². The molecule has 0 radical (unpaired) electrons. The highest BCUT2D eigenvalue weighted by atomic mass is 16.3. The maximum Gasteiger partial charge on any atom is 0.0726 e. The molecule has 0 saturated heterocycles. The molecule has 0 bridgehead atoms. The van der Waals surface area contributed by atoms with Crippen LogP contribution in [0.5, 0.6) is 0 Å².